The van der Waals surface area contributed by atoms with E-state index in [2.05, 4.69) is 33.0 Å². The van der Waals surface area contributed by atoms with Gasteiger partial charge in [0.05, 0.1) is 6.54 Å². The highest BCUT2D eigenvalue weighted by Gasteiger charge is 2.32. The molecule has 1 aromatic carbocycles. The molecule has 132 valence electrons. The van der Waals surface area contributed by atoms with Gasteiger partial charge in [-0.3, -0.25) is 4.79 Å². The minimum absolute atomic E-state index is 0.214. The van der Waals surface area contributed by atoms with E-state index in [1.807, 2.05) is 23.1 Å². The van der Waals surface area contributed by atoms with E-state index in [1.165, 1.54) is 12.8 Å². The van der Waals surface area contributed by atoms with E-state index in [0.717, 1.165) is 37.9 Å². The number of likely N-dealkylation sites (tertiary alicyclic amines) is 1. The Bertz CT molecular complexity index is 709. The molecule has 7 heteroatoms. The molecule has 0 bridgehead atoms. The van der Waals surface area contributed by atoms with Gasteiger partial charge < -0.3 is 10.2 Å². The van der Waals surface area contributed by atoms with E-state index >= 15 is 0 Å². The lowest BCUT2D eigenvalue weighted by molar-refractivity contribution is -0.134. The van der Waals surface area contributed by atoms with Crippen LogP contribution in [0.1, 0.15) is 37.7 Å². The van der Waals surface area contributed by atoms with E-state index in [-0.39, 0.29) is 12.0 Å². The molecule has 1 unspecified atom stereocenters. The summed E-state index contributed by atoms with van der Waals surface area (Å²) in [5.41, 5.74) is 1.15. The highest BCUT2D eigenvalue weighted by atomic mass is 16.2. The number of hydrogen-bond donors (Lipinski definition) is 1. The molecule has 4 rings (SSSR count). The van der Waals surface area contributed by atoms with Gasteiger partial charge in [0.25, 0.3) is 0 Å². The first-order chi connectivity index (χ1) is 12.3. The molecule has 1 aliphatic heterocycles. The van der Waals surface area contributed by atoms with E-state index in [9.17, 15) is 4.79 Å². The van der Waals surface area contributed by atoms with Crippen LogP contribution in [0.2, 0.25) is 0 Å². The molecule has 2 heterocycles. The number of tetrazole rings is 1. The maximum absolute atomic E-state index is 12.6. The van der Waals surface area contributed by atoms with E-state index in [1.54, 1.807) is 4.68 Å². The molecule has 0 spiro atoms. The standard InChI is InChI=1S/C18H24N6O/c25-17(15-8-4-5-9-15)23-11-10-16(13-23)19-18-20-21-22-24(18)12-14-6-2-1-3-7-14/h1-3,6-7,15-16H,4-5,8-13H2,(H,19,20,22). The summed E-state index contributed by atoms with van der Waals surface area (Å²) in [5.74, 6) is 1.26. The third kappa shape index (κ3) is 3.65. The molecular weight excluding hydrogens is 316 g/mol. The van der Waals surface area contributed by atoms with Crippen molar-refractivity contribution in [3.8, 4) is 0 Å². The van der Waals surface area contributed by atoms with Crippen molar-refractivity contribution in [2.45, 2.75) is 44.7 Å². The molecule has 0 radical (unpaired) electrons. The number of carbonyl (C=O) groups is 1. The van der Waals surface area contributed by atoms with Gasteiger partial charge in [0, 0.05) is 25.0 Å². The van der Waals surface area contributed by atoms with Crippen molar-refractivity contribution in [2.24, 2.45) is 5.92 Å². The lowest BCUT2D eigenvalue weighted by Gasteiger charge is -2.20. The number of rotatable bonds is 5. The summed E-state index contributed by atoms with van der Waals surface area (Å²) in [7, 11) is 0. The number of aromatic nitrogens is 4. The summed E-state index contributed by atoms with van der Waals surface area (Å²) < 4.78 is 1.77. The summed E-state index contributed by atoms with van der Waals surface area (Å²) in [6, 6.07) is 10.3. The van der Waals surface area contributed by atoms with Crippen LogP contribution >= 0.6 is 0 Å². The highest BCUT2D eigenvalue weighted by molar-refractivity contribution is 5.79. The minimum Gasteiger partial charge on any atom is -0.348 e. The highest BCUT2D eigenvalue weighted by Crippen LogP contribution is 2.28. The summed E-state index contributed by atoms with van der Waals surface area (Å²) in [5, 5.41) is 15.4. The Morgan fingerprint density at radius 1 is 1.16 bits per heavy atom. The molecule has 25 heavy (non-hydrogen) atoms. The average molecular weight is 340 g/mol. The van der Waals surface area contributed by atoms with Crippen LogP contribution in [0.25, 0.3) is 0 Å². The largest absolute Gasteiger partial charge is 0.348 e. The molecule has 1 saturated heterocycles. The Hall–Kier alpha value is -2.44. The van der Waals surface area contributed by atoms with Crippen molar-refractivity contribution < 1.29 is 4.79 Å². The van der Waals surface area contributed by atoms with E-state index in [0.29, 0.717) is 18.4 Å². The summed E-state index contributed by atoms with van der Waals surface area (Å²) in [4.78, 5) is 14.6. The van der Waals surface area contributed by atoms with Crippen LogP contribution in [-0.2, 0) is 11.3 Å². The molecule has 1 saturated carbocycles. The third-order valence-corrected chi connectivity index (χ3v) is 5.24. The second-order valence-electron chi connectivity index (χ2n) is 7.04. The van der Waals surface area contributed by atoms with Crippen LogP contribution in [0, 0.1) is 5.92 Å². The first-order valence-electron chi connectivity index (χ1n) is 9.15. The Kier molecular flexibility index (Phi) is 4.63. The van der Waals surface area contributed by atoms with Crippen LogP contribution in [0.15, 0.2) is 30.3 Å². The Labute approximate surface area is 147 Å². The van der Waals surface area contributed by atoms with Gasteiger partial charge in [-0.05, 0) is 35.3 Å². The van der Waals surface area contributed by atoms with Crippen molar-refractivity contribution in [2.75, 3.05) is 18.4 Å². The van der Waals surface area contributed by atoms with Crippen LogP contribution in [0.4, 0.5) is 5.95 Å². The molecule has 1 atom stereocenters. The van der Waals surface area contributed by atoms with Crippen LogP contribution < -0.4 is 5.32 Å². The summed E-state index contributed by atoms with van der Waals surface area (Å²) in [6.45, 7) is 2.20. The zero-order chi connectivity index (χ0) is 17.1. The SMILES string of the molecule is O=C(C1CCCC1)N1CCC(Nc2nnnn2Cc2ccccc2)C1. The molecule has 1 amide bonds. The first kappa shape index (κ1) is 16.1. The van der Waals surface area contributed by atoms with Crippen molar-refractivity contribution >= 4 is 11.9 Å². The average Bonchev–Trinajstić information content (AvgIpc) is 3.38. The van der Waals surface area contributed by atoms with Crippen LogP contribution in [0.5, 0.6) is 0 Å². The Morgan fingerprint density at radius 3 is 2.76 bits per heavy atom. The molecule has 1 N–H and O–H groups in total. The zero-order valence-corrected chi connectivity index (χ0v) is 14.3. The summed E-state index contributed by atoms with van der Waals surface area (Å²) >= 11 is 0. The van der Waals surface area contributed by atoms with E-state index in [4.69, 9.17) is 0 Å². The fraction of sp³-hybridized carbons (Fsp3) is 0.556. The van der Waals surface area contributed by atoms with Gasteiger partial charge in [0.1, 0.15) is 0 Å². The smallest absolute Gasteiger partial charge is 0.243 e. The lowest BCUT2D eigenvalue weighted by Crippen LogP contribution is -2.35. The zero-order valence-electron chi connectivity index (χ0n) is 14.3. The molecule has 2 aromatic rings. The number of nitrogens with one attached hydrogen (secondary N) is 1. The third-order valence-electron chi connectivity index (χ3n) is 5.24. The minimum atomic E-state index is 0.214. The fourth-order valence-electron chi connectivity index (χ4n) is 3.86. The molecular formula is C18H24N6O. The first-order valence-corrected chi connectivity index (χ1v) is 9.15. The van der Waals surface area contributed by atoms with Gasteiger partial charge >= 0.3 is 0 Å². The van der Waals surface area contributed by atoms with Crippen molar-refractivity contribution in [3.63, 3.8) is 0 Å². The second-order valence-corrected chi connectivity index (χ2v) is 7.04. The lowest BCUT2D eigenvalue weighted by atomic mass is 10.1. The van der Waals surface area contributed by atoms with E-state index < -0.39 is 0 Å². The molecule has 2 fully saturated rings. The topological polar surface area (TPSA) is 75.9 Å². The molecule has 7 nitrogen and oxygen atoms in total. The van der Waals surface area contributed by atoms with Gasteiger partial charge in [-0.1, -0.05) is 48.3 Å². The number of nitrogens with zero attached hydrogens (tertiary/aromatic N) is 5. The van der Waals surface area contributed by atoms with Crippen molar-refractivity contribution in [1.29, 1.82) is 0 Å². The number of carbonyl (C=O) groups excluding carboxylic acids is 1. The van der Waals surface area contributed by atoms with Gasteiger partial charge in [-0.25, -0.2) is 4.68 Å². The maximum Gasteiger partial charge on any atom is 0.243 e. The fourth-order valence-corrected chi connectivity index (χ4v) is 3.86. The number of anilines is 1. The quantitative estimate of drug-likeness (QED) is 0.900. The predicted molar refractivity (Wildman–Crippen MR) is 93.9 cm³/mol. The molecule has 1 aromatic heterocycles. The Balaban J connectivity index is 1.35. The molecule has 1 aliphatic carbocycles. The normalized spacial score (nSPS) is 21.0. The van der Waals surface area contributed by atoms with Gasteiger partial charge in [0.15, 0.2) is 0 Å². The number of benzene rings is 1. The van der Waals surface area contributed by atoms with Crippen molar-refractivity contribution in [3.05, 3.63) is 35.9 Å². The Morgan fingerprint density at radius 2 is 1.96 bits per heavy atom. The summed E-state index contributed by atoms with van der Waals surface area (Å²) in [6.07, 6.45) is 5.45. The number of hydrogen-bond acceptors (Lipinski definition) is 5. The van der Waals surface area contributed by atoms with Crippen LogP contribution in [0.3, 0.4) is 0 Å². The van der Waals surface area contributed by atoms with Crippen LogP contribution in [-0.4, -0.2) is 50.1 Å². The van der Waals surface area contributed by atoms with Gasteiger partial charge in [-0.2, -0.15) is 0 Å². The number of amides is 1. The second kappa shape index (κ2) is 7.21. The maximum atomic E-state index is 12.6. The molecule has 2 aliphatic rings. The van der Waals surface area contributed by atoms with Gasteiger partial charge in [-0.15, -0.1) is 0 Å². The monoisotopic (exact) mass is 340 g/mol. The van der Waals surface area contributed by atoms with Crippen molar-refractivity contribution in [1.82, 2.24) is 25.1 Å². The van der Waals surface area contributed by atoms with Gasteiger partial charge in [0.2, 0.25) is 11.9 Å². The predicted octanol–water partition coefficient (Wildman–Crippen LogP) is 1.92.